The zero-order valence-corrected chi connectivity index (χ0v) is 12.1. The maximum absolute atomic E-state index is 12.1. The average molecular weight is 304 g/mol. The van der Waals surface area contributed by atoms with Crippen LogP contribution in [0.15, 0.2) is 59.5 Å². The summed E-state index contributed by atoms with van der Waals surface area (Å²) >= 11 is 0. The second-order valence-electron chi connectivity index (χ2n) is 4.48. The molecule has 0 heterocycles. The fourth-order valence-electron chi connectivity index (χ4n) is 1.83. The van der Waals surface area contributed by atoms with Gasteiger partial charge in [-0.05, 0) is 42.8 Å². The van der Waals surface area contributed by atoms with Gasteiger partial charge in [0, 0.05) is 5.56 Å². The van der Waals surface area contributed by atoms with Gasteiger partial charge in [-0.2, -0.15) is 0 Å². The zero-order valence-electron chi connectivity index (χ0n) is 11.3. The van der Waals surface area contributed by atoms with Gasteiger partial charge in [-0.25, -0.2) is 13.1 Å². The van der Waals surface area contributed by atoms with Crippen molar-refractivity contribution in [1.82, 2.24) is 4.72 Å². The Morgan fingerprint density at radius 3 is 2.19 bits per heavy atom. The molecule has 110 valence electrons. The minimum absolute atomic E-state index is 0.0487. The standard InChI is InChI=1S/C15H16N2O3S/c16-11-10-12-6-8-14(9-7-12)21(19,20)17-15(18)13-4-2-1-3-5-13/h1-9H,10-11,16H2,(H,17,18). The average Bonchev–Trinajstić information content (AvgIpc) is 2.48. The van der Waals surface area contributed by atoms with Crippen LogP contribution in [-0.4, -0.2) is 20.9 Å². The number of rotatable bonds is 5. The van der Waals surface area contributed by atoms with E-state index in [0.29, 0.717) is 18.5 Å². The number of carbonyl (C=O) groups excluding carboxylic acids is 1. The molecule has 3 N–H and O–H groups in total. The Balaban J connectivity index is 2.16. The Bertz CT molecular complexity index is 710. The van der Waals surface area contributed by atoms with E-state index in [2.05, 4.69) is 0 Å². The Labute approximate surface area is 123 Å². The van der Waals surface area contributed by atoms with E-state index in [4.69, 9.17) is 5.73 Å². The number of hydrogen-bond acceptors (Lipinski definition) is 4. The SMILES string of the molecule is NCCc1ccc(S(=O)(=O)NC(=O)c2ccccc2)cc1. The van der Waals surface area contributed by atoms with Crippen LogP contribution in [-0.2, 0) is 16.4 Å². The highest BCUT2D eigenvalue weighted by atomic mass is 32.2. The van der Waals surface area contributed by atoms with E-state index < -0.39 is 15.9 Å². The van der Waals surface area contributed by atoms with E-state index in [-0.39, 0.29) is 4.90 Å². The van der Waals surface area contributed by atoms with Gasteiger partial charge in [-0.3, -0.25) is 4.79 Å². The van der Waals surface area contributed by atoms with Crippen LogP contribution in [0.5, 0.6) is 0 Å². The molecule has 0 aromatic heterocycles. The van der Waals surface area contributed by atoms with Crippen molar-refractivity contribution in [3.63, 3.8) is 0 Å². The Morgan fingerprint density at radius 2 is 1.62 bits per heavy atom. The van der Waals surface area contributed by atoms with Crippen molar-refractivity contribution in [2.45, 2.75) is 11.3 Å². The van der Waals surface area contributed by atoms with Crippen LogP contribution < -0.4 is 10.5 Å². The smallest absolute Gasteiger partial charge is 0.264 e. The molecule has 2 aromatic carbocycles. The minimum atomic E-state index is -3.87. The van der Waals surface area contributed by atoms with Crippen LogP contribution in [0.25, 0.3) is 0 Å². The molecule has 0 aliphatic heterocycles. The van der Waals surface area contributed by atoms with Crippen molar-refractivity contribution in [3.8, 4) is 0 Å². The number of hydrogen-bond donors (Lipinski definition) is 2. The second-order valence-corrected chi connectivity index (χ2v) is 6.17. The summed E-state index contributed by atoms with van der Waals surface area (Å²) in [5, 5.41) is 0. The molecule has 2 aromatic rings. The normalized spacial score (nSPS) is 11.1. The monoisotopic (exact) mass is 304 g/mol. The zero-order chi connectivity index (χ0) is 15.3. The third kappa shape index (κ3) is 3.90. The highest BCUT2D eigenvalue weighted by molar-refractivity contribution is 7.90. The first-order valence-corrected chi connectivity index (χ1v) is 7.92. The molecule has 0 aliphatic carbocycles. The fraction of sp³-hybridized carbons (Fsp3) is 0.133. The predicted molar refractivity (Wildman–Crippen MR) is 80.3 cm³/mol. The number of nitrogens with one attached hydrogen (secondary N) is 1. The highest BCUT2D eigenvalue weighted by Gasteiger charge is 2.18. The van der Waals surface area contributed by atoms with Crippen molar-refractivity contribution >= 4 is 15.9 Å². The number of carbonyl (C=O) groups is 1. The molecule has 0 spiro atoms. The summed E-state index contributed by atoms with van der Waals surface area (Å²) in [5.74, 6) is -0.651. The molecule has 0 unspecified atom stereocenters. The molecule has 1 amide bonds. The molecule has 0 fully saturated rings. The van der Waals surface area contributed by atoms with Gasteiger partial charge in [-0.1, -0.05) is 30.3 Å². The van der Waals surface area contributed by atoms with E-state index in [9.17, 15) is 13.2 Å². The van der Waals surface area contributed by atoms with E-state index >= 15 is 0 Å². The summed E-state index contributed by atoms with van der Waals surface area (Å²) in [6.07, 6.45) is 0.677. The number of amides is 1. The Kier molecular flexibility index (Phi) is 4.72. The summed E-state index contributed by atoms with van der Waals surface area (Å²) < 4.78 is 26.3. The third-order valence-electron chi connectivity index (χ3n) is 2.93. The Morgan fingerprint density at radius 1 is 1.00 bits per heavy atom. The quantitative estimate of drug-likeness (QED) is 0.871. The van der Waals surface area contributed by atoms with Crippen molar-refractivity contribution in [2.24, 2.45) is 5.73 Å². The van der Waals surface area contributed by atoms with Crippen LogP contribution in [0, 0.1) is 0 Å². The summed E-state index contributed by atoms with van der Waals surface area (Å²) in [7, 11) is -3.87. The van der Waals surface area contributed by atoms with Gasteiger partial charge >= 0.3 is 0 Å². The molecule has 0 aliphatic rings. The molecule has 0 saturated heterocycles. The van der Waals surface area contributed by atoms with Crippen molar-refractivity contribution in [3.05, 3.63) is 65.7 Å². The van der Waals surface area contributed by atoms with Crippen LogP contribution in [0.2, 0.25) is 0 Å². The lowest BCUT2D eigenvalue weighted by Gasteiger charge is -2.07. The number of benzene rings is 2. The molecular weight excluding hydrogens is 288 g/mol. The molecule has 2 rings (SSSR count). The molecule has 6 heteroatoms. The summed E-state index contributed by atoms with van der Waals surface area (Å²) in [6.45, 7) is 0.497. The summed E-state index contributed by atoms with van der Waals surface area (Å²) in [6, 6.07) is 14.5. The molecular formula is C15H16N2O3S. The van der Waals surface area contributed by atoms with Gasteiger partial charge in [0.1, 0.15) is 0 Å². The number of nitrogens with two attached hydrogens (primary N) is 1. The molecule has 0 saturated carbocycles. The van der Waals surface area contributed by atoms with Crippen LogP contribution in [0.4, 0.5) is 0 Å². The second kappa shape index (κ2) is 6.51. The lowest BCUT2D eigenvalue weighted by molar-refractivity contribution is 0.0981. The van der Waals surface area contributed by atoms with E-state index in [1.165, 1.54) is 12.1 Å². The molecule has 0 bridgehead atoms. The first kappa shape index (κ1) is 15.2. The van der Waals surface area contributed by atoms with Crippen LogP contribution in [0.3, 0.4) is 0 Å². The topological polar surface area (TPSA) is 89.3 Å². The largest absolute Gasteiger partial charge is 0.330 e. The third-order valence-corrected chi connectivity index (χ3v) is 4.28. The maximum Gasteiger partial charge on any atom is 0.264 e. The lowest BCUT2D eigenvalue weighted by Crippen LogP contribution is -2.30. The van der Waals surface area contributed by atoms with Gasteiger partial charge < -0.3 is 5.73 Å². The van der Waals surface area contributed by atoms with Gasteiger partial charge in [0.15, 0.2) is 0 Å². The van der Waals surface area contributed by atoms with Crippen molar-refractivity contribution in [2.75, 3.05) is 6.54 Å². The fourth-order valence-corrected chi connectivity index (χ4v) is 2.81. The van der Waals surface area contributed by atoms with Gasteiger partial charge in [-0.15, -0.1) is 0 Å². The lowest BCUT2D eigenvalue weighted by atomic mass is 10.2. The van der Waals surface area contributed by atoms with Gasteiger partial charge in [0.05, 0.1) is 4.90 Å². The van der Waals surface area contributed by atoms with E-state index in [0.717, 1.165) is 5.56 Å². The highest BCUT2D eigenvalue weighted by Crippen LogP contribution is 2.11. The van der Waals surface area contributed by atoms with E-state index in [1.54, 1.807) is 42.5 Å². The van der Waals surface area contributed by atoms with Gasteiger partial charge in [0.2, 0.25) is 0 Å². The summed E-state index contributed by atoms with van der Waals surface area (Å²) in [5.41, 5.74) is 6.68. The molecule has 0 atom stereocenters. The molecule has 21 heavy (non-hydrogen) atoms. The maximum atomic E-state index is 12.1. The molecule has 0 radical (unpaired) electrons. The first-order valence-electron chi connectivity index (χ1n) is 6.44. The van der Waals surface area contributed by atoms with Gasteiger partial charge in [0.25, 0.3) is 15.9 Å². The Hall–Kier alpha value is -2.18. The summed E-state index contributed by atoms with van der Waals surface area (Å²) in [4.78, 5) is 11.9. The van der Waals surface area contributed by atoms with Crippen LogP contribution in [0.1, 0.15) is 15.9 Å². The van der Waals surface area contributed by atoms with Crippen molar-refractivity contribution in [1.29, 1.82) is 0 Å². The number of sulfonamides is 1. The predicted octanol–water partition coefficient (Wildman–Crippen LogP) is 1.31. The minimum Gasteiger partial charge on any atom is -0.330 e. The molecule has 5 nitrogen and oxygen atoms in total. The first-order chi connectivity index (χ1) is 10.0. The van der Waals surface area contributed by atoms with E-state index in [1.807, 2.05) is 4.72 Å². The van der Waals surface area contributed by atoms with Crippen molar-refractivity contribution < 1.29 is 13.2 Å². The van der Waals surface area contributed by atoms with Crippen LogP contribution >= 0.6 is 0 Å².